The summed E-state index contributed by atoms with van der Waals surface area (Å²) < 4.78 is 0. The molecule has 3 heteroatoms. The molecule has 0 spiro atoms. The smallest absolute Gasteiger partial charge is 0.146 e. The van der Waals surface area contributed by atoms with Gasteiger partial charge in [-0.25, -0.2) is 0 Å². The molecule has 0 bridgehead atoms. The second-order valence-corrected chi connectivity index (χ2v) is 4.12. The number of likely N-dealkylation sites (tertiary alicyclic amines) is 1. The Bertz CT molecular complexity index is 362. The van der Waals surface area contributed by atoms with Gasteiger partial charge < -0.3 is 0 Å². The minimum atomic E-state index is 0.355. The zero-order valence-corrected chi connectivity index (χ0v) is 9.07. The molecule has 1 aromatic heterocycles. The zero-order chi connectivity index (χ0) is 10.7. The van der Waals surface area contributed by atoms with E-state index in [1.807, 2.05) is 25.1 Å². The fourth-order valence-corrected chi connectivity index (χ4v) is 1.96. The number of carbonyl (C=O) groups is 1. The van der Waals surface area contributed by atoms with Crippen LogP contribution in [0.2, 0.25) is 0 Å². The lowest BCUT2D eigenvalue weighted by molar-refractivity contribution is -0.122. The molecule has 0 atom stereocenters. The Hall–Kier alpha value is -1.22. The third kappa shape index (κ3) is 2.86. The Morgan fingerprint density at radius 1 is 1.47 bits per heavy atom. The molecule has 0 N–H and O–H groups in total. The summed E-state index contributed by atoms with van der Waals surface area (Å²) in [5, 5.41) is 0. The summed E-state index contributed by atoms with van der Waals surface area (Å²) in [5.74, 6) is 0.355. The largest absolute Gasteiger partial charge is 0.298 e. The van der Waals surface area contributed by atoms with Gasteiger partial charge in [0.25, 0.3) is 0 Å². The van der Waals surface area contributed by atoms with Crippen molar-refractivity contribution in [3.8, 4) is 0 Å². The first kappa shape index (κ1) is 10.3. The molecule has 0 aromatic carbocycles. The average molecular weight is 204 g/mol. The lowest BCUT2D eigenvalue weighted by atomic mass is 10.1. The monoisotopic (exact) mass is 204 g/mol. The Labute approximate surface area is 90.1 Å². The number of carbonyl (C=O) groups excluding carboxylic acids is 1. The Morgan fingerprint density at radius 3 is 3.07 bits per heavy atom. The van der Waals surface area contributed by atoms with E-state index in [1.165, 1.54) is 0 Å². The fourth-order valence-electron chi connectivity index (χ4n) is 1.96. The lowest BCUT2D eigenvalue weighted by Crippen LogP contribution is -2.35. The van der Waals surface area contributed by atoms with Crippen LogP contribution in [0.15, 0.2) is 18.2 Å². The Morgan fingerprint density at radius 2 is 2.33 bits per heavy atom. The first-order chi connectivity index (χ1) is 7.24. The standard InChI is InChI=1S/C12H16N2O/c1-10-4-2-5-11(13-10)8-14-7-3-6-12(15)9-14/h2,4-5H,3,6-9H2,1H3. The number of rotatable bonds is 2. The SMILES string of the molecule is Cc1cccc(CN2CCCC(=O)C2)n1. The summed E-state index contributed by atoms with van der Waals surface area (Å²) in [7, 11) is 0. The van der Waals surface area contributed by atoms with Gasteiger partial charge in [0.15, 0.2) is 0 Å². The molecule has 0 amide bonds. The van der Waals surface area contributed by atoms with Crippen molar-refractivity contribution in [2.24, 2.45) is 0 Å². The third-order valence-electron chi connectivity index (χ3n) is 2.66. The number of Topliss-reactive ketones (excluding diaryl/α,β-unsaturated/α-hetero) is 1. The normalized spacial score (nSPS) is 18.1. The second-order valence-electron chi connectivity index (χ2n) is 4.12. The minimum Gasteiger partial charge on any atom is -0.298 e. The third-order valence-corrected chi connectivity index (χ3v) is 2.66. The molecule has 80 valence electrons. The van der Waals surface area contributed by atoms with Crippen molar-refractivity contribution in [2.45, 2.75) is 26.3 Å². The predicted molar refractivity (Wildman–Crippen MR) is 58.5 cm³/mol. The zero-order valence-electron chi connectivity index (χ0n) is 9.07. The quantitative estimate of drug-likeness (QED) is 0.733. The topological polar surface area (TPSA) is 33.2 Å². The van der Waals surface area contributed by atoms with Crippen LogP contribution < -0.4 is 0 Å². The van der Waals surface area contributed by atoms with Gasteiger partial charge >= 0.3 is 0 Å². The highest BCUT2D eigenvalue weighted by Gasteiger charge is 2.16. The fraction of sp³-hybridized carbons (Fsp3) is 0.500. The molecular weight excluding hydrogens is 188 g/mol. The van der Waals surface area contributed by atoms with E-state index in [0.717, 1.165) is 37.3 Å². The molecule has 0 unspecified atom stereocenters. The molecule has 2 rings (SSSR count). The maximum absolute atomic E-state index is 11.3. The number of aromatic nitrogens is 1. The summed E-state index contributed by atoms with van der Waals surface area (Å²) >= 11 is 0. The maximum atomic E-state index is 11.3. The van der Waals surface area contributed by atoms with E-state index < -0.39 is 0 Å². The van der Waals surface area contributed by atoms with Crippen molar-refractivity contribution >= 4 is 5.78 Å². The lowest BCUT2D eigenvalue weighted by Gasteiger charge is -2.25. The average Bonchev–Trinajstić information content (AvgIpc) is 2.17. The molecular formula is C12H16N2O. The molecule has 1 aromatic rings. The summed E-state index contributed by atoms with van der Waals surface area (Å²) in [5.41, 5.74) is 2.10. The first-order valence-electron chi connectivity index (χ1n) is 5.40. The number of hydrogen-bond donors (Lipinski definition) is 0. The summed E-state index contributed by atoms with van der Waals surface area (Å²) in [6, 6.07) is 6.03. The van der Waals surface area contributed by atoms with Crippen molar-refractivity contribution < 1.29 is 4.79 Å². The maximum Gasteiger partial charge on any atom is 0.146 e. The van der Waals surface area contributed by atoms with E-state index in [2.05, 4.69) is 9.88 Å². The van der Waals surface area contributed by atoms with Crippen LogP contribution >= 0.6 is 0 Å². The van der Waals surface area contributed by atoms with Crippen molar-refractivity contribution in [1.82, 2.24) is 9.88 Å². The molecule has 15 heavy (non-hydrogen) atoms. The van der Waals surface area contributed by atoms with Crippen molar-refractivity contribution in [1.29, 1.82) is 0 Å². The number of aryl methyl sites for hydroxylation is 1. The highest BCUT2D eigenvalue weighted by molar-refractivity contribution is 5.81. The molecule has 1 fully saturated rings. The van der Waals surface area contributed by atoms with Gasteiger partial charge in [0.2, 0.25) is 0 Å². The molecule has 1 aliphatic rings. The number of piperidine rings is 1. The highest BCUT2D eigenvalue weighted by Crippen LogP contribution is 2.09. The van der Waals surface area contributed by atoms with E-state index in [-0.39, 0.29) is 0 Å². The number of pyridine rings is 1. The molecule has 0 saturated carbocycles. The highest BCUT2D eigenvalue weighted by atomic mass is 16.1. The van der Waals surface area contributed by atoms with Crippen molar-refractivity contribution in [3.63, 3.8) is 0 Å². The van der Waals surface area contributed by atoms with E-state index in [0.29, 0.717) is 12.3 Å². The van der Waals surface area contributed by atoms with Crippen LogP contribution in [0.1, 0.15) is 24.2 Å². The van der Waals surface area contributed by atoms with Crippen LogP contribution in [0.25, 0.3) is 0 Å². The first-order valence-corrected chi connectivity index (χ1v) is 5.40. The number of hydrogen-bond acceptors (Lipinski definition) is 3. The summed E-state index contributed by atoms with van der Waals surface area (Å²) in [6.45, 7) is 4.40. The van der Waals surface area contributed by atoms with Gasteiger partial charge in [0.1, 0.15) is 5.78 Å². The van der Waals surface area contributed by atoms with Crippen LogP contribution in [0.4, 0.5) is 0 Å². The van der Waals surface area contributed by atoms with E-state index in [1.54, 1.807) is 0 Å². The summed E-state index contributed by atoms with van der Waals surface area (Å²) in [6.07, 6.45) is 1.74. The predicted octanol–water partition coefficient (Wildman–Crippen LogP) is 1.55. The van der Waals surface area contributed by atoms with Crippen LogP contribution in [0, 0.1) is 6.92 Å². The van der Waals surface area contributed by atoms with Crippen molar-refractivity contribution in [3.05, 3.63) is 29.6 Å². The van der Waals surface area contributed by atoms with Gasteiger partial charge in [-0.1, -0.05) is 6.07 Å². The van der Waals surface area contributed by atoms with Crippen LogP contribution in [0.3, 0.4) is 0 Å². The van der Waals surface area contributed by atoms with Gasteiger partial charge in [-0.05, 0) is 32.0 Å². The van der Waals surface area contributed by atoms with Crippen LogP contribution in [-0.4, -0.2) is 28.8 Å². The number of nitrogens with zero attached hydrogens (tertiary/aromatic N) is 2. The van der Waals surface area contributed by atoms with Gasteiger partial charge in [-0.3, -0.25) is 14.7 Å². The van der Waals surface area contributed by atoms with Gasteiger partial charge in [-0.2, -0.15) is 0 Å². The van der Waals surface area contributed by atoms with E-state index >= 15 is 0 Å². The minimum absolute atomic E-state index is 0.355. The molecule has 1 saturated heterocycles. The van der Waals surface area contributed by atoms with E-state index in [4.69, 9.17) is 0 Å². The van der Waals surface area contributed by atoms with E-state index in [9.17, 15) is 4.79 Å². The van der Waals surface area contributed by atoms with Gasteiger partial charge in [0, 0.05) is 18.7 Å². The molecule has 0 aliphatic carbocycles. The molecule has 1 aliphatic heterocycles. The Balaban J connectivity index is 1.99. The number of ketones is 1. The van der Waals surface area contributed by atoms with Gasteiger partial charge in [-0.15, -0.1) is 0 Å². The summed E-state index contributed by atoms with van der Waals surface area (Å²) in [4.78, 5) is 17.9. The van der Waals surface area contributed by atoms with Gasteiger partial charge in [0.05, 0.1) is 12.2 Å². The molecule has 0 radical (unpaired) electrons. The second kappa shape index (κ2) is 4.53. The van der Waals surface area contributed by atoms with Crippen molar-refractivity contribution in [2.75, 3.05) is 13.1 Å². The van der Waals surface area contributed by atoms with Crippen LogP contribution in [0.5, 0.6) is 0 Å². The Kier molecular flexibility index (Phi) is 3.11. The van der Waals surface area contributed by atoms with Crippen LogP contribution in [-0.2, 0) is 11.3 Å². The molecule has 2 heterocycles. The molecule has 3 nitrogen and oxygen atoms in total.